The number of hydrogen-bond donors (Lipinski definition) is 1. The molecule has 11 atom stereocenters. The van der Waals surface area contributed by atoms with E-state index in [9.17, 15) is 22.8 Å². The van der Waals surface area contributed by atoms with Crippen LogP contribution in [0.25, 0.3) is 0 Å². The maximum Gasteiger partial charge on any atom is 0.311 e. The van der Waals surface area contributed by atoms with Crippen LogP contribution in [0.1, 0.15) is 46.5 Å². The van der Waals surface area contributed by atoms with Crippen molar-refractivity contribution >= 4 is 27.9 Å². The lowest BCUT2D eigenvalue weighted by molar-refractivity contribution is -0.175. The molecular weight excluding hydrogens is 438 g/mol. The van der Waals surface area contributed by atoms with Gasteiger partial charge in [-0.05, 0) is 51.4 Å². The van der Waals surface area contributed by atoms with Gasteiger partial charge in [0.2, 0.25) is 10.0 Å². The number of rotatable bonds is 5. The number of sulfonamides is 1. The van der Waals surface area contributed by atoms with Gasteiger partial charge in [0.25, 0.3) is 0 Å². The van der Waals surface area contributed by atoms with Crippen LogP contribution in [-0.4, -0.2) is 55.9 Å². The van der Waals surface area contributed by atoms with Gasteiger partial charge in [-0.25, -0.2) is 13.1 Å². The lowest BCUT2D eigenvalue weighted by Crippen LogP contribution is -2.48. The molecule has 0 aromatic rings. The van der Waals surface area contributed by atoms with Crippen molar-refractivity contribution in [3.8, 4) is 0 Å². The molecule has 10 heteroatoms. The Morgan fingerprint density at radius 3 is 2.56 bits per heavy atom. The molecule has 32 heavy (non-hydrogen) atoms. The average molecular weight is 468 g/mol. The summed E-state index contributed by atoms with van der Waals surface area (Å²) < 4.78 is 44.6. The van der Waals surface area contributed by atoms with E-state index in [0.717, 1.165) is 6.42 Å². The van der Waals surface area contributed by atoms with Gasteiger partial charge in [-0.2, -0.15) is 0 Å². The fourth-order valence-electron chi connectivity index (χ4n) is 7.32. The second kappa shape index (κ2) is 6.46. The molecule has 4 aliphatic carbocycles. The molecule has 0 radical (unpaired) electrons. The zero-order valence-electron chi connectivity index (χ0n) is 18.4. The van der Waals surface area contributed by atoms with Crippen molar-refractivity contribution in [3.63, 3.8) is 0 Å². The molecule has 9 nitrogen and oxygen atoms in total. The van der Waals surface area contributed by atoms with Crippen LogP contribution >= 0.6 is 0 Å². The lowest BCUT2D eigenvalue weighted by Gasteiger charge is -2.34. The van der Waals surface area contributed by atoms with E-state index in [2.05, 4.69) is 4.72 Å². The monoisotopic (exact) mass is 467 g/mol. The summed E-state index contributed by atoms with van der Waals surface area (Å²) in [5.41, 5.74) is -0.668. The topological polar surface area (TPSA) is 125 Å². The Kier molecular flexibility index (Phi) is 4.22. The minimum Gasteiger partial charge on any atom is -0.460 e. The Morgan fingerprint density at radius 1 is 1.09 bits per heavy atom. The molecule has 6 rings (SSSR count). The predicted molar refractivity (Wildman–Crippen MR) is 108 cm³/mol. The summed E-state index contributed by atoms with van der Waals surface area (Å²) in [6.07, 6.45) is 0.777. The van der Waals surface area contributed by atoms with Gasteiger partial charge in [0, 0.05) is 11.8 Å². The first kappa shape index (κ1) is 20.9. The summed E-state index contributed by atoms with van der Waals surface area (Å²) >= 11 is 0. The fourth-order valence-corrected chi connectivity index (χ4v) is 9.42. The van der Waals surface area contributed by atoms with E-state index in [1.807, 2.05) is 20.8 Å². The van der Waals surface area contributed by atoms with Crippen LogP contribution in [0, 0.1) is 40.9 Å². The first-order chi connectivity index (χ1) is 15.0. The molecule has 2 saturated heterocycles. The first-order valence-electron chi connectivity index (χ1n) is 11.7. The van der Waals surface area contributed by atoms with Gasteiger partial charge in [0.15, 0.2) is 0 Å². The van der Waals surface area contributed by atoms with Crippen molar-refractivity contribution < 1.29 is 37.0 Å². The summed E-state index contributed by atoms with van der Waals surface area (Å²) in [7, 11) is -3.36. The number of carbonyl (C=O) groups excluding carboxylic acids is 3. The molecule has 176 valence electrons. The molecule has 0 spiro atoms. The molecule has 11 unspecified atom stereocenters. The Morgan fingerprint density at radius 2 is 1.84 bits per heavy atom. The minimum absolute atomic E-state index is 0.0181. The number of ether oxygens (including phenoxy) is 3. The fraction of sp³-hybridized carbons (Fsp3) is 0.864. The highest BCUT2D eigenvalue weighted by Crippen LogP contribution is 2.60. The first-order valence-corrected chi connectivity index (χ1v) is 13.2. The van der Waals surface area contributed by atoms with Crippen molar-refractivity contribution in [3.05, 3.63) is 0 Å². The zero-order chi connectivity index (χ0) is 22.7. The highest BCUT2D eigenvalue weighted by Gasteiger charge is 2.71. The van der Waals surface area contributed by atoms with Crippen molar-refractivity contribution in [2.24, 2.45) is 40.9 Å². The molecule has 6 fully saturated rings. The smallest absolute Gasteiger partial charge is 0.311 e. The highest BCUT2D eigenvalue weighted by atomic mass is 32.2. The molecule has 0 amide bonds. The van der Waals surface area contributed by atoms with E-state index in [1.54, 1.807) is 0 Å². The number of fused-ring (bicyclic) bond motifs is 2. The van der Waals surface area contributed by atoms with E-state index in [0.29, 0.717) is 19.3 Å². The van der Waals surface area contributed by atoms with E-state index in [-0.39, 0.29) is 40.9 Å². The Balaban J connectivity index is 1.22. The Labute approximate surface area is 187 Å². The van der Waals surface area contributed by atoms with E-state index < -0.39 is 57.5 Å². The number of esters is 3. The van der Waals surface area contributed by atoms with Gasteiger partial charge in [0.1, 0.15) is 18.3 Å². The maximum absolute atomic E-state index is 13.4. The molecule has 0 aromatic heterocycles. The Bertz CT molecular complexity index is 1010. The van der Waals surface area contributed by atoms with Gasteiger partial charge in [-0.1, -0.05) is 6.92 Å². The van der Waals surface area contributed by atoms with Gasteiger partial charge < -0.3 is 14.2 Å². The summed E-state index contributed by atoms with van der Waals surface area (Å²) in [6.45, 7) is 5.52. The molecule has 4 bridgehead atoms. The van der Waals surface area contributed by atoms with Gasteiger partial charge in [0.05, 0.1) is 28.5 Å². The predicted octanol–water partition coefficient (Wildman–Crippen LogP) is 0.764. The quantitative estimate of drug-likeness (QED) is 0.464. The number of nitrogens with one attached hydrogen (secondary N) is 1. The molecule has 1 N–H and O–H groups in total. The van der Waals surface area contributed by atoms with Crippen molar-refractivity contribution in [2.75, 3.05) is 0 Å². The minimum atomic E-state index is -3.36. The van der Waals surface area contributed by atoms with Crippen molar-refractivity contribution in [1.82, 2.24) is 4.72 Å². The molecule has 2 aliphatic heterocycles. The van der Waals surface area contributed by atoms with Crippen LogP contribution in [0.15, 0.2) is 0 Å². The third-order valence-corrected chi connectivity index (χ3v) is 11.3. The third kappa shape index (κ3) is 2.59. The molecule has 4 saturated carbocycles. The van der Waals surface area contributed by atoms with E-state index in [1.165, 1.54) is 0 Å². The summed E-state index contributed by atoms with van der Waals surface area (Å²) in [4.78, 5) is 38.7. The molecule has 6 aliphatic rings. The maximum atomic E-state index is 13.4. The molecule has 2 heterocycles. The average Bonchev–Trinajstić information content (AvgIpc) is 3.51. The summed E-state index contributed by atoms with van der Waals surface area (Å²) in [6, 6.07) is -0.381. The van der Waals surface area contributed by atoms with Crippen LogP contribution in [0.4, 0.5) is 0 Å². The largest absolute Gasteiger partial charge is 0.460 e. The second-order valence-corrected chi connectivity index (χ2v) is 13.1. The van der Waals surface area contributed by atoms with Crippen LogP contribution in [-0.2, 0) is 38.6 Å². The number of carbonyl (C=O) groups is 3. The van der Waals surface area contributed by atoms with Crippen LogP contribution in [0.3, 0.4) is 0 Å². The van der Waals surface area contributed by atoms with E-state index >= 15 is 0 Å². The number of hydrogen-bond acceptors (Lipinski definition) is 8. The lowest BCUT2D eigenvalue weighted by atomic mass is 9.78. The van der Waals surface area contributed by atoms with E-state index in [4.69, 9.17) is 14.2 Å². The van der Waals surface area contributed by atoms with Gasteiger partial charge in [-0.15, -0.1) is 0 Å². The zero-order valence-corrected chi connectivity index (χ0v) is 19.2. The molecule has 0 aromatic carbocycles. The van der Waals surface area contributed by atoms with Gasteiger partial charge >= 0.3 is 17.9 Å². The van der Waals surface area contributed by atoms with Gasteiger partial charge in [-0.3, -0.25) is 14.4 Å². The van der Waals surface area contributed by atoms with Crippen molar-refractivity contribution in [1.29, 1.82) is 0 Å². The summed E-state index contributed by atoms with van der Waals surface area (Å²) in [5.74, 6) is -3.04. The normalized spacial score (nSPS) is 48.8. The van der Waals surface area contributed by atoms with Crippen LogP contribution in [0.2, 0.25) is 0 Å². The van der Waals surface area contributed by atoms with Crippen LogP contribution in [0.5, 0.6) is 0 Å². The summed E-state index contributed by atoms with van der Waals surface area (Å²) in [5, 5.41) is -0.383. The SMILES string of the molecule is CCC(C)(C)C(=O)OC1C2CC3C1OC(=O)C3C2C(=O)OC1C2CC3C1NS(=O)(=O)C3C2. The Hall–Kier alpha value is -1.68. The van der Waals surface area contributed by atoms with Crippen LogP contribution < -0.4 is 4.72 Å². The van der Waals surface area contributed by atoms with Crippen molar-refractivity contribution in [2.45, 2.75) is 76.1 Å². The highest BCUT2D eigenvalue weighted by molar-refractivity contribution is 7.90. The second-order valence-electron chi connectivity index (χ2n) is 11.1. The molecular formula is C22H29NO8S. The standard InChI is InChI=1S/C22H29NO8S/c1-4-22(2,3)21(26)31-18-11-7-10-13(20(25)30-17(10)18)14(11)19(24)29-16-8-5-9-12(6-8)32(27,28)23-15(9)16/h8-18,23H,4-7H2,1-3H3. The third-order valence-electron chi connectivity index (χ3n) is 9.32.